The number of piperazine rings is 1. The van der Waals surface area contributed by atoms with Crippen molar-refractivity contribution in [3.63, 3.8) is 0 Å². The van der Waals surface area contributed by atoms with Gasteiger partial charge in [0.1, 0.15) is 0 Å². The van der Waals surface area contributed by atoms with Gasteiger partial charge in [0.15, 0.2) is 5.82 Å². The molecule has 0 saturated carbocycles. The molecule has 0 spiro atoms. The van der Waals surface area contributed by atoms with Crippen molar-refractivity contribution in [3.05, 3.63) is 41.0 Å². The van der Waals surface area contributed by atoms with E-state index >= 15 is 0 Å². The molecule has 5 nitrogen and oxygen atoms in total. The van der Waals surface area contributed by atoms with Gasteiger partial charge in [0.2, 0.25) is 5.89 Å². The van der Waals surface area contributed by atoms with Gasteiger partial charge in [0.05, 0.1) is 17.3 Å². The summed E-state index contributed by atoms with van der Waals surface area (Å²) < 4.78 is 5.31. The largest absolute Gasteiger partial charge is 0.368 e. The fourth-order valence-corrected chi connectivity index (χ4v) is 2.98. The Bertz CT molecular complexity index is 608. The van der Waals surface area contributed by atoms with Crippen molar-refractivity contribution >= 4 is 17.3 Å². The Morgan fingerprint density at radius 3 is 2.68 bits per heavy atom. The minimum absolute atomic E-state index is 0.717. The van der Waals surface area contributed by atoms with Crippen LogP contribution in [0.4, 0.5) is 5.69 Å². The van der Waals surface area contributed by atoms with Crippen LogP contribution in [0, 0.1) is 0 Å². The van der Waals surface area contributed by atoms with Gasteiger partial charge in [-0.05, 0) is 18.6 Å². The summed E-state index contributed by atoms with van der Waals surface area (Å²) in [6, 6.07) is 8.01. The standard InChI is InChI=1S/C16H21ClN4O/c1-2-5-15-18-16(22-19-15)12-20-8-10-21(11-9-20)14-7-4-3-6-13(14)17/h3-4,6-7H,2,5,8-12H2,1H3. The number of para-hydroxylation sites is 1. The molecular formula is C16H21ClN4O. The summed E-state index contributed by atoms with van der Waals surface area (Å²) in [6.07, 6.45) is 1.92. The maximum absolute atomic E-state index is 6.27. The normalized spacial score (nSPS) is 16.2. The number of aromatic nitrogens is 2. The van der Waals surface area contributed by atoms with Crippen LogP contribution in [0.5, 0.6) is 0 Å². The molecule has 0 N–H and O–H groups in total. The SMILES string of the molecule is CCCc1noc(CN2CCN(c3ccccc3Cl)CC2)n1. The summed E-state index contributed by atoms with van der Waals surface area (Å²) in [7, 11) is 0. The first-order valence-corrected chi connectivity index (χ1v) is 8.17. The predicted molar refractivity (Wildman–Crippen MR) is 87.2 cm³/mol. The van der Waals surface area contributed by atoms with Crippen molar-refractivity contribution in [1.82, 2.24) is 15.0 Å². The van der Waals surface area contributed by atoms with Crippen molar-refractivity contribution in [2.45, 2.75) is 26.3 Å². The maximum Gasteiger partial charge on any atom is 0.240 e. The summed E-state index contributed by atoms with van der Waals surface area (Å²) in [4.78, 5) is 9.10. The molecule has 0 bridgehead atoms. The molecule has 0 unspecified atom stereocenters. The minimum Gasteiger partial charge on any atom is -0.368 e. The van der Waals surface area contributed by atoms with Gasteiger partial charge in [0.25, 0.3) is 0 Å². The number of hydrogen-bond acceptors (Lipinski definition) is 5. The van der Waals surface area contributed by atoms with E-state index in [0.717, 1.165) is 68.0 Å². The molecule has 6 heteroatoms. The van der Waals surface area contributed by atoms with Crippen molar-refractivity contribution in [2.24, 2.45) is 0 Å². The van der Waals surface area contributed by atoms with Crippen molar-refractivity contribution in [2.75, 3.05) is 31.1 Å². The van der Waals surface area contributed by atoms with E-state index in [1.54, 1.807) is 0 Å². The molecule has 1 aliphatic rings. The molecule has 1 aliphatic heterocycles. The van der Waals surface area contributed by atoms with Crippen LogP contribution in [-0.2, 0) is 13.0 Å². The van der Waals surface area contributed by atoms with Crippen LogP contribution in [-0.4, -0.2) is 41.2 Å². The number of rotatable bonds is 5. The Labute approximate surface area is 135 Å². The molecule has 3 rings (SSSR count). The monoisotopic (exact) mass is 320 g/mol. The van der Waals surface area contributed by atoms with E-state index in [4.69, 9.17) is 16.1 Å². The molecule has 118 valence electrons. The van der Waals surface area contributed by atoms with E-state index in [2.05, 4.69) is 32.9 Å². The Balaban J connectivity index is 1.54. The molecule has 0 aliphatic carbocycles. The molecule has 1 fully saturated rings. The van der Waals surface area contributed by atoms with Gasteiger partial charge in [-0.15, -0.1) is 0 Å². The third-order valence-electron chi connectivity index (χ3n) is 3.91. The molecule has 0 radical (unpaired) electrons. The second-order valence-electron chi connectivity index (χ2n) is 5.57. The van der Waals surface area contributed by atoms with Gasteiger partial charge in [-0.3, -0.25) is 4.90 Å². The lowest BCUT2D eigenvalue weighted by Crippen LogP contribution is -2.46. The van der Waals surface area contributed by atoms with Crippen molar-refractivity contribution < 1.29 is 4.52 Å². The molecule has 2 aromatic rings. The molecule has 1 saturated heterocycles. The lowest BCUT2D eigenvalue weighted by atomic mass is 10.2. The number of benzene rings is 1. The first kappa shape index (κ1) is 15.3. The van der Waals surface area contributed by atoms with E-state index in [1.807, 2.05) is 18.2 Å². The van der Waals surface area contributed by atoms with Crippen LogP contribution in [0.3, 0.4) is 0 Å². The Morgan fingerprint density at radius 2 is 1.95 bits per heavy atom. The van der Waals surface area contributed by atoms with Gasteiger partial charge in [-0.2, -0.15) is 4.98 Å². The maximum atomic E-state index is 6.27. The van der Waals surface area contributed by atoms with E-state index < -0.39 is 0 Å². The highest BCUT2D eigenvalue weighted by molar-refractivity contribution is 6.33. The molecule has 22 heavy (non-hydrogen) atoms. The molecule has 0 amide bonds. The summed E-state index contributed by atoms with van der Waals surface area (Å²) in [5.74, 6) is 1.53. The zero-order valence-electron chi connectivity index (χ0n) is 12.8. The van der Waals surface area contributed by atoms with Crippen LogP contribution in [0.2, 0.25) is 5.02 Å². The van der Waals surface area contributed by atoms with Crippen LogP contribution in [0.15, 0.2) is 28.8 Å². The average molecular weight is 321 g/mol. The van der Waals surface area contributed by atoms with Gasteiger partial charge < -0.3 is 9.42 Å². The van der Waals surface area contributed by atoms with E-state index in [-0.39, 0.29) is 0 Å². The van der Waals surface area contributed by atoms with Crippen molar-refractivity contribution in [3.8, 4) is 0 Å². The number of hydrogen-bond donors (Lipinski definition) is 0. The van der Waals surface area contributed by atoms with Gasteiger partial charge in [-0.1, -0.05) is 35.8 Å². The summed E-state index contributed by atoms with van der Waals surface area (Å²) in [6.45, 7) is 6.70. The van der Waals surface area contributed by atoms with Gasteiger partial charge in [0, 0.05) is 32.6 Å². The molecule has 1 aromatic carbocycles. The highest BCUT2D eigenvalue weighted by Crippen LogP contribution is 2.26. The van der Waals surface area contributed by atoms with Crippen LogP contribution in [0.25, 0.3) is 0 Å². The van der Waals surface area contributed by atoms with E-state index in [9.17, 15) is 0 Å². The third-order valence-corrected chi connectivity index (χ3v) is 4.23. The smallest absolute Gasteiger partial charge is 0.240 e. The van der Waals surface area contributed by atoms with Crippen LogP contribution in [0.1, 0.15) is 25.1 Å². The van der Waals surface area contributed by atoms with Gasteiger partial charge >= 0.3 is 0 Å². The number of aryl methyl sites for hydroxylation is 1. The van der Waals surface area contributed by atoms with Crippen molar-refractivity contribution in [1.29, 1.82) is 0 Å². The zero-order valence-corrected chi connectivity index (χ0v) is 13.6. The molecule has 1 aromatic heterocycles. The van der Waals surface area contributed by atoms with Crippen LogP contribution < -0.4 is 4.90 Å². The van der Waals surface area contributed by atoms with E-state index in [1.165, 1.54) is 0 Å². The quantitative estimate of drug-likeness (QED) is 0.847. The second kappa shape index (κ2) is 7.11. The van der Waals surface area contributed by atoms with E-state index in [0.29, 0.717) is 0 Å². The zero-order chi connectivity index (χ0) is 15.4. The molecular weight excluding hydrogens is 300 g/mol. The Kier molecular flexibility index (Phi) is 4.95. The minimum atomic E-state index is 0.717. The Hall–Kier alpha value is -1.59. The second-order valence-corrected chi connectivity index (χ2v) is 5.98. The highest BCUT2D eigenvalue weighted by atomic mass is 35.5. The lowest BCUT2D eigenvalue weighted by Gasteiger charge is -2.35. The number of anilines is 1. The fourth-order valence-electron chi connectivity index (χ4n) is 2.73. The third kappa shape index (κ3) is 3.59. The lowest BCUT2D eigenvalue weighted by molar-refractivity contribution is 0.215. The number of nitrogens with zero attached hydrogens (tertiary/aromatic N) is 4. The topological polar surface area (TPSA) is 45.4 Å². The van der Waals surface area contributed by atoms with Gasteiger partial charge in [-0.25, -0.2) is 0 Å². The average Bonchev–Trinajstić information content (AvgIpc) is 2.96. The fraction of sp³-hybridized carbons (Fsp3) is 0.500. The highest BCUT2D eigenvalue weighted by Gasteiger charge is 2.20. The van der Waals surface area contributed by atoms with Crippen LogP contribution >= 0.6 is 11.6 Å². The number of halogens is 1. The summed E-state index contributed by atoms with van der Waals surface area (Å²) >= 11 is 6.27. The molecule has 2 heterocycles. The predicted octanol–water partition coefficient (Wildman–Crippen LogP) is 3.00. The first-order chi connectivity index (χ1) is 10.8. The summed E-state index contributed by atoms with van der Waals surface area (Å²) in [5, 5.41) is 4.82. The first-order valence-electron chi connectivity index (χ1n) is 7.79. The Morgan fingerprint density at radius 1 is 1.18 bits per heavy atom. The summed E-state index contributed by atoms with van der Waals surface area (Å²) in [5.41, 5.74) is 1.12. The molecule has 0 atom stereocenters.